The number of nitrogens with zero attached hydrogens (tertiary/aromatic N) is 1. The van der Waals surface area contributed by atoms with Crippen LogP contribution in [0.5, 0.6) is 0 Å². The Bertz CT molecular complexity index is 519. The van der Waals surface area contributed by atoms with Crippen molar-refractivity contribution < 1.29 is 14.3 Å². The van der Waals surface area contributed by atoms with Gasteiger partial charge < -0.3 is 20.7 Å². The molecule has 3 N–H and O–H groups in total. The minimum atomic E-state index is -0.632. The third-order valence-electron chi connectivity index (χ3n) is 3.50. The van der Waals surface area contributed by atoms with E-state index in [0.717, 1.165) is 12.1 Å². The first-order valence-electron chi connectivity index (χ1n) is 7.08. The maximum atomic E-state index is 12.1. The van der Waals surface area contributed by atoms with Crippen LogP contribution in [0, 0.1) is 0 Å². The van der Waals surface area contributed by atoms with Crippen LogP contribution in [-0.4, -0.2) is 38.1 Å². The molecule has 1 aromatic carbocycles. The Morgan fingerprint density at radius 2 is 2.24 bits per heavy atom. The fraction of sp³-hybridized carbons (Fsp3) is 0.467. The van der Waals surface area contributed by atoms with E-state index in [9.17, 15) is 9.59 Å². The maximum Gasteiger partial charge on any atom is 0.241 e. The molecule has 0 spiro atoms. The number of nitrogens with two attached hydrogens (primary N) is 1. The molecule has 1 fully saturated rings. The fourth-order valence-electron chi connectivity index (χ4n) is 2.32. The zero-order valence-corrected chi connectivity index (χ0v) is 12.2. The van der Waals surface area contributed by atoms with Gasteiger partial charge >= 0.3 is 0 Å². The van der Waals surface area contributed by atoms with Crippen molar-refractivity contribution in [3.05, 3.63) is 24.3 Å². The van der Waals surface area contributed by atoms with Crippen molar-refractivity contribution >= 4 is 23.2 Å². The second-order valence-electron chi connectivity index (χ2n) is 5.04. The van der Waals surface area contributed by atoms with E-state index in [1.165, 1.54) is 0 Å². The first-order chi connectivity index (χ1) is 10.1. The van der Waals surface area contributed by atoms with Crippen LogP contribution < -0.4 is 16.0 Å². The van der Waals surface area contributed by atoms with Crippen molar-refractivity contribution in [3.63, 3.8) is 0 Å². The maximum absolute atomic E-state index is 12.1. The molecule has 2 amide bonds. The normalized spacial score (nSPS) is 16.1. The molecule has 1 aliphatic heterocycles. The number of carbonyl (C=O) groups excluding carboxylic acids is 2. The monoisotopic (exact) mass is 291 g/mol. The van der Waals surface area contributed by atoms with Crippen molar-refractivity contribution in [1.82, 2.24) is 0 Å². The van der Waals surface area contributed by atoms with Gasteiger partial charge in [-0.3, -0.25) is 9.59 Å². The average molecular weight is 291 g/mol. The number of anilines is 2. The molecule has 1 atom stereocenters. The SMILES string of the molecule is COCCC(N)C(=O)Nc1ccccc1N1CCCC1=O. The minimum absolute atomic E-state index is 0.0837. The number of para-hydroxylation sites is 2. The third-order valence-corrected chi connectivity index (χ3v) is 3.50. The van der Waals surface area contributed by atoms with Crippen LogP contribution in [0.4, 0.5) is 11.4 Å². The van der Waals surface area contributed by atoms with E-state index in [2.05, 4.69) is 5.32 Å². The topological polar surface area (TPSA) is 84.7 Å². The van der Waals surface area contributed by atoms with Crippen LogP contribution in [0.25, 0.3) is 0 Å². The lowest BCUT2D eigenvalue weighted by Gasteiger charge is -2.21. The smallest absolute Gasteiger partial charge is 0.241 e. The Labute approximate surface area is 124 Å². The number of nitrogens with one attached hydrogen (secondary N) is 1. The summed E-state index contributed by atoms with van der Waals surface area (Å²) in [5.74, 6) is -0.188. The first kappa shape index (κ1) is 15.5. The van der Waals surface area contributed by atoms with Crippen LogP contribution in [-0.2, 0) is 14.3 Å². The molecular formula is C15H21N3O3. The number of rotatable bonds is 6. The highest BCUT2D eigenvalue weighted by Gasteiger charge is 2.24. The zero-order valence-electron chi connectivity index (χ0n) is 12.2. The number of hydrogen-bond acceptors (Lipinski definition) is 4. The van der Waals surface area contributed by atoms with Crippen molar-refractivity contribution in [2.45, 2.75) is 25.3 Å². The number of ether oxygens (including phenoxy) is 1. The average Bonchev–Trinajstić information content (AvgIpc) is 2.91. The van der Waals surface area contributed by atoms with E-state index >= 15 is 0 Å². The van der Waals surface area contributed by atoms with Crippen LogP contribution in [0.2, 0.25) is 0 Å². The Hall–Kier alpha value is -1.92. The molecule has 1 unspecified atom stereocenters. The molecular weight excluding hydrogens is 270 g/mol. The summed E-state index contributed by atoms with van der Waals surface area (Å²) in [4.78, 5) is 25.6. The van der Waals surface area contributed by atoms with Crippen molar-refractivity contribution in [2.75, 3.05) is 30.5 Å². The number of amides is 2. The molecule has 21 heavy (non-hydrogen) atoms. The van der Waals surface area contributed by atoms with Gasteiger partial charge in [0.05, 0.1) is 17.4 Å². The van der Waals surface area contributed by atoms with Gasteiger partial charge in [-0.2, -0.15) is 0 Å². The van der Waals surface area contributed by atoms with Gasteiger partial charge in [-0.05, 0) is 25.0 Å². The Morgan fingerprint density at radius 3 is 2.90 bits per heavy atom. The molecule has 1 aromatic rings. The summed E-state index contributed by atoms with van der Waals surface area (Å²) in [6, 6.07) is 6.65. The van der Waals surface area contributed by atoms with Gasteiger partial charge in [-0.15, -0.1) is 0 Å². The largest absolute Gasteiger partial charge is 0.385 e. The van der Waals surface area contributed by atoms with E-state index < -0.39 is 6.04 Å². The lowest BCUT2D eigenvalue weighted by atomic mass is 10.2. The zero-order chi connectivity index (χ0) is 15.2. The van der Waals surface area contributed by atoms with E-state index in [0.29, 0.717) is 31.7 Å². The van der Waals surface area contributed by atoms with Gasteiger partial charge in [-0.25, -0.2) is 0 Å². The number of methoxy groups -OCH3 is 1. The van der Waals surface area contributed by atoms with Gasteiger partial charge in [0.25, 0.3) is 0 Å². The van der Waals surface area contributed by atoms with Crippen LogP contribution >= 0.6 is 0 Å². The highest BCUT2D eigenvalue weighted by molar-refractivity contribution is 6.03. The molecule has 114 valence electrons. The predicted octanol–water partition coefficient (Wildman–Crippen LogP) is 1.12. The van der Waals surface area contributed by atoms with Crippen molar-refractivity contribution in [1.29, 1.82) is 0 Å². The molecule has 0 aromatic heterocycles. The molecule has 1 aliphatic rings. The minimum Gasteiger partial charge on any atom is -0.385 e. The summed E-state index contributed by atoms with van der Waals surface area (Å²) in [5, 5.41) is 2.80. The highest BCUT2D eigenvalue weighted by atomic mass is 16.5. The summed E-state index contributed by atoms with van der Waals surface area (Å²) >= 11 is 0. The highest BCUT2D eigenvalue weighted by Crippen LogP contribution is 2.29. The summed E-state index contributed by atoms with van der Waals surface area (Å²) < 4.78 is 4.92. The van der Waals surface area contributed by atoms with Crippen LogP contribution in [0.3, 0.4) is 0 Å². The van der Waals surface area contributed by atoms with Crippen molar-refractivity contribution in [2.24, 2.45) is 5.73 Å². The third kappa shape index (κ3) is 3.80. The molecule has 1 saturated heterocycles. The predicted molar refractivity (Wildman–Crippen MR) is 81.1 cm³/mol. The van der Waals surface area contributed by atoms with Crippen molar-refractivity contribution in [3.8, 4) is 0 Å². The fourth-order valence-corrected chi connectivity index (χ4v) is 2.32. The molecule has 6 nitrogen and oxygen atoms in total. The quantitative estimate of drug-likeness (QED) is 0.822. The summed E-state index contributed by atoms with van der Waals surface area (Å²) in [5.41, 5.74) is 7.15. The lowest BCUT2D eigenvalue weighted by molar-refractivity contribution is -0.118. The number of hydrogen-bond donors (Lipinski definition) is 2. The Balaban J connectivity index is 2.09. The summed E-state index contributed by atoms with van der Waals surface area (Å²) in [6.07, 6.45) is 1.84. The molecule has 0 radical (unpaired) electrons. The summed E-state index contributed by atoms with van der Waals surface area (Å²) in [6.45, 7) is 1.11. The van der Waals surface area contributed by atoms with E-state index in [1.54, 1.807) is 18.1 Å². The first-order valence-corrected chi connectivity index (χ1v) is 7.08. The Kier molecular flexibility index (Phi) is 5.30. The van der Waals surface area contributed by atoms with Gasteiger partial charge in [0.2, 0.25) is 11.8 Å². The lowest BCUT2D eigenvalue weighted by Crippen LogP contribution is -2.37. The molecule has 0 saturated carbocycles. The molecule has 0 aliphatic carbocycles. The van der Waals surface area contributed by atoms with Gasteiger partial charge in [0.15, 0.2) is 0 Å². The second kappa shape index (κ2) is 7.19. The molecule has 0 bridgehead atoms. The van der Waals surface area contributed by atoms with Crippen LogP contribution in [0.15, 0.2) is 24.3 Å². The van der Waals surface area contributed by atoms with E-state index in [1.807, 2.05) is 18.2 Å². The van der Waals surface area contributed by atoms with E-state index in [-0.39, 0.29) is 11.8 Å². The van der Waals surface area contributed by atoms with Gasteiger partial charge in [0.1, 0.15) is 0 Å². The molecule has 2 rings (SSSR count). The number of carbonyl (C=O) groups is 2. The standard InChI is InChI=1S/C15H21N3O3/c1-21-10-8-11(16)15(20)17-12-5-2-3-6-13(12)18-9-4-7-14(18)19/h2-3,5-6,11H,4,7-10,16H2,1H3,(H,17,20). The van der Waals surface area contributed by atoms with Crippen LogP contribution in [0.1, 0.15) is 19.3 Å². The summed E-state index contributed by atoms with van der Waals surface area (Å²) in [7, 11) is 1.57. The molecule has 6 heteroatoms. The number of benzene rings is 1. The molecule has 1 heterocycles. The Morgan fingerprint density at radius 1 is 1.48 bits per heavy atom. The second-order valence-corrected chi connectivity index (χ2v) is 5.04. The van der Waals surface area contributed by atoms with Gasteiger partial charge in [0, 0.05) is 26.7 Å². The van der Waals surface area contributed by atoms with Gasteiger partial charge in [-0.1, -0.05) is 12.1 Å². The van der Waals surface area contributed by atoms with E-state index in [4.69, 9.17) is 10.5 Å².